The van der Waals surface area contributed by atoms with Gasteiger partial charge in [-0.2, -0.15) is 0 Å². The van der Waals surface area contributed by atoms with E-state index in [0.29, 0.717) is 10.7 Å². The van der Waals surface area contributed by atoms with Gasteiger partial charge in [0.25, 0.3) is 0 Å². The fourth-order valence-corrected chi connectivity index (χ4v) is 1.19. The molecule has 0 aliphatic rings. The second-order valence-corrected chi connectivity index (χ2v) is 3.69. The zero-order chi connectivity index (χ0) is 10.6. The van der Waals surface area contributed by atoms with Gasteiger partial charge >= 0.3 is 0 Å². The van der Waals surface area contributed by atoms with Crippen molar-refractivity contribution in [2.24, 2.45) is 5.92 Å². The number of anilines is 1. The molecule has 0 unspecified atom stereocenters. The fourth-order valence-electron chi connectivity index (χ4n) is 1.00. The Morgan fingerprint density at radius 1 is 1.50 bits per heavy atom. The molecular weight excluding hydrogens is 198 g/mol. The predicted molar refractivity (Wildman–Crippen MR) is 59.5 cm³/mol. The lowest BCUT2D eigenvalue weighted by molar-refractivity contribution is -0.119. The summed E-state index contributed by atoms with van der Waals surface area (Å²) in [6.07, 6.45) is 0.830. The van der Waals surface area contributed by atoms with Crippen LogP contribution in [0.15, 0.2) is 24.3 Å². The van der Waals surface area contributed by atoms with E-state index in [9.17, 15) is 4.79 Å². The van der Waals surface area contributed by atoms with Crippen molar-refractivity contribution in [3.05, 3.63) is 29.3 Å². The molecule has 0 aromatic heterocycles. The van der Waals surface area contributed by atoms with Crippen LogP contribution in [-0.4, -0.2) is 5.91 Å². The van der Waals surface area contributed by atoms with Crippen LogP contribution in [-0.2, 0) is 4.79 Å². The first-order valence-electron chi connectivity index (χ1n) is 4.70. The highest BCUT2D eigenvalue weighted by Crippen LogP contribution is 2.21. The second kappa shape index (κ2) is 5.01. The molecule has 0 aliphatic heterocycles. The number of nitrogens with one attached hydrogen (secondary N) is 1. The number of carbonyl (C=O) groups is 1. The number of benzene rings is 1. The Bertz CT molecular complexity index is 325. The number of hydrogen-bond donors (Lipinski definition) is 1. The zero-order valence-electron chi connectivity index (χ0n) is 8.38. The van der Waals surface area contributed by atoms with Crippen LogP contribution < -0.4 is 5.32 Å². The van der Waals surface area contributed by atoms with Crippen LogP contribution in [0.3, 0.4) is 0 Å². The van der Waals surface area contributed by atoms with Gasteiger partial charge in [0.1, 0.15) is 0 Å². The van der Waals surface area contributed by atoms with Crippen molar-refractivity contribution in [2.45, 2.75) is 20.3 Å². The van der Waals surface area contributed by atoms with Crippen LogP contribution in [0.1, 0.15) is 20.3 Å². The Morgan fingerprint density at radius 2 is 2.14 bits per heavy atom. The van der Waals surface area contributed by atoms with Crippen molar-refractivity contribution in [1.29, 1.82) is 0 Å². The van der Waals surface area contributed by atoms with E-state index in [1.807, 2.05) is 26.0 Å². The number of amides is 1. The molecule has 3 heteroatoms. The largest absolute Gasteiger partial charge is 0.325 e. The second-order valence-electron chi connectivity index (χ2n) is 3.28. The van der Waals surface area contributed by atoms with Gasteiger partial charge in [-0.05, 0) is 18.6 Å². The molecule has 1 atom stereocenters. The van der Waals surface area contributed by atoms with Gasteiger partial charge in [-0.25, -0.2) is 0 Å². The van der Waals surface area contributed by atoms with E-state index in [1.165, 1.54) is 0 Å². The highest BCUT2D eigenvalue weighted by atomic mass is 35.5. The van der Waals surface area contributed by atoms with Gasteiger partial charge in [0, 0.05) is 5.92 Å². The maximum atomic E-state index is 11.5. The van der Waals surface area contributed by atoms with Crippen molar-refractivity contribution in [1.82, 2.24) is 0 Å². The Morgan fingerprint density at radius 3 is 2.71 bits per heavy atom. The number of carbonyl (C=O) groups excluding carboxylic acids is 1. The molecule has 0 aliphatic carbocycles. The molecule has 0 saturated carbocycles. The van der Waals surface area contributed by atoms with E-state index in [-0.39, 0.29) is 11.8 Å². The summed E-state index contributed by atoms with van der Waals surface area (Å²) in [5.41, 5.74) is 0.680. The molecular formula is C11H14ClNO. The van der Waals surface area contributed by atoms with Gasteiger partial charge < -0.3 is 5.32 Å². The molecule has 0 saturated heterocycles. The molecule has 0 heterocycles. The summed E-state index contributed by atoms with van der Waals surface area (Å²) < 4.78 is 0. The van der Waals surface area contributed by atoms with Crippen LogP contribution in [0.5, 0.6) is 0 Å². The molecule has 1 aromatic carbocycles. The normalized spacial score (nSPS) is 12.2. The summed E-state index contributed by atoms with van der Waals surface area (Å²) >= 11 is 5.90. The average molecular weight is 212 g/mol. The average Bonchev–Trinajstić information content (AvgIpc) is 2.20. The lowest BCUT2D eigenvalue weighted by Crippen LogP contribution is -2.19. The van der Waals surface area contributed by atoms with Gasteiger partial charge in [-0.1, -0.05) is 37.6 Å². The summed E-state index contributed by atoms with van der Waals surface area (Å²) in [4.78, 5) is 11.5. The van der Waals surface area contributed by atoms with E-state index >= 15 is 0 Å². The Labute approximate surface area is 89.3 Å². The third-order valence-electron chi connectivity index (χ3n) is 2.19. The topological polar surface area (TPSA) is 29.1 Å². The molecule has 2 nitrogen and oxygen atoms in total. The van der Waals surface area contributed by atoms with E-state index in [0.717, 1.165) is 6.42 Å². The molecule has 0 fully saturated rings. The van der Waals surface area contributed by atoms with Crippen LogP contribution in [0.25, 0.3) is 0 Å². The molecule has 0 spiro atoms. The summed E-state index contributed by atoms with van der Waals surface area (Å²) in [5, 5.41) is 3.36. The summed E-state index contributed by atoms with van der Waals surface area (Å²) in [6, 6.07) is 7.23. The molecule has 76 valence electrons. The molecule has 1 rings (SSSR count). The zero-order valence-corrected chi connectivity index (χ0v) is 9.14. The third-order valence-corrected chi connectivity index (χ3v) is 2.52. The van der Waals surface area contributed by atoms with Crippen LogP contribution in [0.2, 0.25) is 5.02 Å². The van der Waals surface area contributed by atoms with Crippen molar-refractivity contribution in [3.63, 3.8) is 0 Å². The summed E-state index contributed by atoms with van der Waals surface area (Å²) in [5.74, 6) is 0.0341. The van der Waals surface area contributed by atoms with Crippen LogP contribution in [0.4, 0.5) is 5.69 Å². The first-order chi connectivity index (χ1) is 6.65. The quantitative estimate of drug-likeness (QED) is 0.817. The van der Waals surface area contributed by atoms with Crippen molar-refractivity contribution >= 4 is 23.2 Å². The summed E-state index contributed by atoms with van der Waals surface area (Å²) in [7, 11) is 0. The lowest BCUT2D eigenvalue weighted by atomic mass is 10.1. The minimum Gasteiger partial charge on any atom is -0.325 e. The van der Waals surface area contributed by atoms with Gasteiger partial charge in [-0.3, -0.25) is 4.79 Å². The molecule has 0 bridgehead atoms. The Hall–Kier alpha value is -1.02. The number of halogens is 1. The molecule has 1 N–H and O–H groups in total. The van der Waals surface area contributed by atoms with Crippen molar-refractivity contribution in [2.75, 3.05) is 5.32 Å². The third kappa shape index (κ3) is 2.74. The van der Waals surface area contributed by atoms with Gasteiger partial charge in [0.2, 0.25) is 5.91 Å². The highest BCUT2D eigenvalue weighted by Gasteiger charge is 2.11. The monoisotopic (exact) mass is 211 g/mol. The number of hydrogen-bond acceptors (Lipinski definition) is 1. The molecule has 0 radical (unpaired) electrons. The van der Waals surface area contributed by atoms with Gasteiger partial charge in [0.05, 0.1) is 10.7 Å². The first-order valence-corrected chi connectivity index (χ1v) is 5.08. The Balaban J connectivity index is 2.70. The van der Waals surface area contributed by atoms with E-state index in [1.54, 1.807) is 12.1 Å². The summed E-state index contributed by atoms with van der Waals surface area (Å²) in [6.45, 7) is 3.88. The molecule has 14 heavy (non-hydrogen) atoms. The van der Waals surface area contributed by atoms with Crippen LogP contribution >= 0.6 is 11.6 Å². The number of para-hydroxylation sites is 1. The van der Waals surface area contributed by atoms with Crippen LogP contribution in [0, 0.1) is 5.92 Å². The van der Waals surface area contributed by atoms with Gasteiger partial charge in [0.15, 0.2) is 0 Å². The molecule has 1 amide bonds. The first kappa shape index (κ1) is 11.1. The minimum atomic E-state index is 0.0144. The Kier molecular flexibility index (Phi) is 3.96. The van der Waals surface area contributed by atoms with Crippen molar-refractivity contribution in [3.8, 4) is 0 Å². The predicted octanol–water partition coefficient (Wildman–Crippen LogP) is 3.32. The van der Waals surface area contributed by atoms with E-state index in [2.05, 4.69) is 5.32 Å². The smallest absolute Gasteiger partial charge is 0.227 e. The standard InChI is InChI=1S/C11H14ClNO/c1-3-8(2)11(14)13-10-7-5-4-6-9(10)12/h4-8H,3H2,1-2H3,(H,13,14)/t8-/m1/s1. The molecule has 1 aromatic rings. The van der Waals surface area contributed by atoms with E-state index in [4.69, 9.17) is 11.6 Å². The number of rotatable bonds is 3. The lowest BCUT2D eigenvalue weighted by Gasteiger charge is -2.10. The fraction of sp³-hybridized carbons (Fsp3) is 0.364. The van der Waals surface area contributed by atoms with Crippen molar-refractivity contribution < 1.29 is 4.79 Å². The maximum absolute atomic E-state index is 11.5. The van der Waals surface area contributed by atoms with E-state index < -0.39 is 0 Å². The van der Waals surface area contributed by atoms with Gasteiger partial charge in [-0.15, -0.1) is 0 Å². The highest BCUT2D eigenvalue weighted by molar-refractivity contribution is 6.33. The SMILES string of the molecule is CC[C@@H](C)C(=O)Nc1ccccc1Cl. The minimum absolute atomic E-state index is 0.0144. The maximum Gasteiger partial charge on any atom is 0.227 e.